The van der Waals surface area contributed by atoms with Crippen LogP contribution in [0.1, 0.15) is 64.8 Å². The van der Waals surface area contributed by atoms with Gasteiger partial charge in [0.15, 0.2) is 0 Å². The summed E-state index contributed by atoms with van der Waals surface area (Å²) in [5.74, 6) is -2.07. The van der Waals surface area contributed by atoms with E-state index in [-0.39, 0.29) is 30.2 Å². The Balaban J connectivity index is 1.56. The lowest BCUT2D eigenvalue weighted by Crippen LogP contribution is -2.57. The molecular formula is C28H29FN4O3. The molecule has 0 radical (unpaired) electrons. The van der Waals surface area contributed by atoms with Gasteiger partial charge < -0.3 is 10.6 Å². The van der Waals surface area contributed by atoms with Gasteiger partial charge in [-0.25, -0.2) is 9.87 Å². The van der Waals surface area contributed by atoms with Crippen LogP contribution in [-0.2, 0) is 16.2 Å². The van der Waals surface area contributed by atoms with E-state index in [1.165, 1.54) is 6.07 Å². The van der Waals surface area contributed by atoms with Gasteiger partial charge in [-0.1, -0.05) is 55.3 Å². The second-order valence-corrected chi connectivity index (χ2v) is 9.34. The highest BCUT2D eigenvalue weighted by atomic mass is 19.1. The van der Waals surface area contributed by atoms with Crippen molar-refractivity contribution >= 4 is 11.8 Å². The molecule has 1 saturated carbocycles. The first-order valence-electron chi connectivity index (χ1n) is 12.3. The number of hydrogen-bond donors (Lipinski definition) is 2. The average Bonchev–Trinajstić information content (AvgIpc) is 2.90. The number of carbonyl (C=O) groups is 2. The fourth-order valence-electron chi connectivity index (χ4n) is 5.46. The standard InChI is InChI=1S/C28H29FN4O3/c29-22-13-4-3-12-21(22)26-25(27(34)32-36-17-18-9-7-8-16-31-18)19-10-1-2-11-20(19)28(35)33(26)24-15-6-5-14-23(24)30/h1-4,7-13,16,23-26H,5-6,14-15,17,30H2,(H,32,34)/t23?,24-,25+,26-/m0/s1. The normalized spacial score (nSPS) is 23.7. The topological polar surface area (TPSA) is 97.5 Å². The predicted octanol–water partition coefficient (Wildman–Crippen LogP) is 4.02. The van der Waals surface area contributed by atoms with Crippen molar-refractivity contribution in [2.45, 2.75) is 56.3 Å². The van der Waals surface area contributed by atoms with Crippen LogP contribution in [0.15, 0.2) is 72.9 Å². The summed E-state index contributed by atoms with van der Waals surface area (Å²) in [5, 5.41) is 0. The Morgan fingerprint density at radius 2 is 1.75 bits per heavy atom. The van der Waals surface area contributed by atoms with E-state index in [1.54, 1.807) is 65.7 Å². The van der Waals surface area contributed by atoms with Gasteiger partial charge in [0.25, 0.3) is 11.8 Å². The number of nitrogens with one attached hydrogen (secondary N) is 1. The van der Waals surface area contributed by atoms with Crippen LogP contribution in [0.4, 0.5) is 4.39 Å². The molecule has 1 aliphatic heterocycles. The second-order valence-electron chi connectivity index (χ2n) is 9.34. The molecule has 0 saturated heterocycles. The Labute approximate surface area is 209 Å². The van der Waals surface area contributed by atoms with Crippen LogP contribution in [0.3, 0.4) is 0 Å². The van der Waals surface area contributed by atoms with Crippen LogP contribution < -0.4 is 11.2 Å². The summed E-state index contributed by atoms with van der Waals surface area (Å²) >= 11 is 0. The third-order valence-electron chi connectivity index (χ3n) is 7.14. The van der Waals surface area contributed by atoms with Crippen molar-refractivity contribution in [3.63, 3.8) is 0 Å². The van der Waals surface area contributed by atoms with Gasteiger partial charge in [-0.15, -0.1) is 0 Å². The SMILES string of the molecule is NC1CCCC[C@@H]1N1C(=O)c2ccccc2[C@@H](C(=O)NOCc2ccccn2)[C@@H]1c1ccccc1F. The van der Waals surface area contributed by atoms with Crippen LogP contribution >= 0.6 is 0 Å². The molecular weight excluding hydrogens is 459 g/mol. The highest BCUT2D eigenvalue weighted by molar-refractivity contribution is 6.01. The van der Waals surface area contributed by atoms with Crippen LogP contribution in [0.25, 0.3) is 0 Å². The largest absolute Gasteiger partial charge is 0.326 e. The quantitative estimate of drug-likeness (QED) is 0.511. The first-order valence-corrected chi connectivity index (χ1v) is 12.3. The lowest BCUT2D eigenvalue weighted by molar-refractivity contribution is -0.138. The van der Waals surface area contributed by atoms with E-state index in [0.717, 1.165) is 19.3 Å². The number of amides is 2. The molecule has 2 aliphatic rings. The highest BCUT2D eigenvalue weighted by Crippen LogP contribution is 2.46. The Kier molecular flexibility index (Phi) is 7.06. The van der Waals surface area contributed by atoms with E-state index in [4.69, 9.17) is 10.6 Å². The Morgan fingerprint density at radius 3 is 2.50 bits per heavy atom. The highest BCUT2D eigenvalue weighted by Gasteiger charge is 2.48. The maximum Gasteiger partial charge on any atom is 0.255 e. The molecule has 8 heteroatoms. The summed E-state index contributed by atoms with van der Waals surface area (Å²) in [7, 11) is 0. The number of nitrogens with two attached hydrogens (primary N) is 1. The molecule has 0 spiro atoms. The molecule has 3 aromatic rings. The van der Waals surface area contributed by atoms with Crippen LogP contribution in [-0.4, -0.2) is 33.8 Å². The van der Waals surface area contributed by atoms with Gasteiger partial charge in [-0.05, 0) is 42.7 Å². The van der Waals surface area contributed by atoms with Crippen LogP contribution in [0, 0.1) is 5.82 Å². The minimum absolute atomic E-state index is 0.0709. The minimum atomic E-state index is -0.895. The fraction of sp³-hybridized carbons (Fsp3) is 0.321. The molecule has 1 aliphatic carbocycles. The summed E-state index contributed by atoms with van der Waals surface area (Å²) < 4.78 is 15.3. The maximum atomic E-state index is 15.3. The first-order chi connectivity index (χ1) is 17.6. The number of hydroxylamine groups is 1. The van der Waals surface area contributed by atoms with Gasteiger partial charge in [0.05, 0.1) is 17.7 Å². The molecule has 2 heterocycles. The first kappa shape index (κ1) is 24.1. The van der Waals surface area contributed by atoms with Gasteiger partial charge >= 0.3 is 0 Å². The zero-order valence-electron chi connectivity index (χ0n) is 19.8. The summed E-state index contributed by atoms with van der Waals surface area (Å²) in [4.78, 5) is 39.0. The van der Waals surface area contributed by atoms with Gasteiger partial charge in [-0.2, -0.15) is 0 Å². The van der Waals surface area contributed by atoms with E-state index < -0.39 is 23.7 Å². The molecule has 2 aromatic carbocycles. The summed E-state index contributed by atoms with van der Waals surface area (Å²) in [6.07, 6.45) is 5.00. The van der Waals surface area contributed by atoms with E-state index in [9.17, 15) is 9.59 Å². The minimum Gasteiger partial charge on any atom is -0.326 e. The lowest BCUT2D eigenvalue weighted by atomic mass is 9.76. The summed E-state index contributed by atoms with van der Waals surface area (Å²) in [6, 6.07) is 17.3. The predicted molar refractivity (Wildman–Crippen MR) is 132 cm³/mol. The van der Waals surface area contributed by atoms with Crippen molar-refractivity contribution in [3.8, 4) is 0 Å². The van der Waals surface area contributed by atoms with Crippen molar-refractivity contribution in [1.29, 1.82) is 0 Å². The van der Waals surface area contributed by atoms with Gasteiger partial charge in [0.1, 0.15) is 12.4 Å². The molecule has 1 aromatic heterocycles. The van der Waals surface area contributed by atoms with Crippen molar-refractivity contribution in [3.05, 3.63) is 101 Å². The number of fused-ring (bicyclic) bond motifs is 1. The molecule has 3 N–H and O–H groups in total. The maximum absolute atomic E-state index is 15.3. The number of pyridine rings is 1. The fourth-order valence-corrected chi connectivity index (χ4v) is 5.46. The summed E-state index contributed by atoms with van der Waals surface area (Å²) in [5.41, 5.74) is 10.9. The molecule has 5 rings (SSSR count). The zero-order valence-corrected chi connectivity index (χ0v) is 19.8. The monoisotopic (exact) mass is 488 g/mol. The second kappa shape index (κ2) is 10.6. The molecule has 186 valence electrons. The zero-order chi connectivity index (χ0) is 25.1. The van der Waals surface area contributed by atoms with Crippen molar-refractivity contribution in [2.75, 3.05) is 0 Å². The van der Waals surface area contributed by atoms with E-state index in [1.807, 2.05) is 6.07 Å². The number of aromatic nitrogens is 1. The number of benzene rings is 2. The Bertz CT molecular complexity index is 1240. The Hall–Kier alpha value is -3.62. The Morgan fingerprint density at radius 1 is 1.03 bits per heavy atom. The number of rotatable bonds is 6. The molecule has 36 heavy (non-hydrogen) atoms. The smallest absolute Gasteiger partial charge is 0.255 e. The molecule has 0 bridgehead atoms. The van der Waals surface area contributed by atoms with Gasteiger partial charge in [-0.3, -0.25) is 19.4 Å². The number of carbonyl (C=O) groups excluding carboxylic acids is 2. The van der Waals surface area contributed by atoms with Crippen molar-refractivity contribution in [2.24, 2.45) is 5.73 Å². The molecule has 4 atom stereocenters. The molecule has 7 nitrogen and oxygen atoms in total. The third-order valence-corrected chi connectivity index (χ3v) is 7.14. The average molecular weight is 489 g/mol. The van der Waals surface area contributed by atoms with Crippen molar-refractivity contribution < 1.29 is 18.8 Å². The molecule has 1 fully saturated rings. The molecule has 2 amide bonds. The van der Waals surface area contributed by atoms with E-state index in [0.29, 0.717) is 23.2 Å². The third kappa shape index (κ3) is 4.62. The lowest BCUT2D eigenvalue weighted by Gasteiger charge is -2.48. The van der Waals surface area contributed by atoms with Crippen LogP contribution in [0.5, 0.6) is 0 Å². The van der Waals surface area contributed by atoms with Crippen molar-refractivity contribution in [1.82, 2.24) is 15.4 Å². The number of hydrogen-bond acceptors (Lipinski definition) is 5. The number of nitrogens with zero attached hydrogens (tertiary/aromatic N) is 2. The van der Waals surface area contributed by atoms with E-state index in [2.05, 4.69) is 10.5 Å². The summed E-state index contributed by atoms with van der Waals surface area (Å²) in [6.45, 7) is 0.0709. The number of halogens is 1. The van der Waals surface area contributed by atoms with Crippen LogP contribution in [0.2, 0.25) is 0 Å². The molecule has 1 unspecified atom stereocenters. The van der Waals surface area contributed by atoms with Gasteiger partial charge in [0, 0.05) is 29.4 Å². The van der Waals surface area contributed by atoms with E-state index >= 15 is 4.39 Å². The van der Waals surface area contributed by atoms with Gasteiger partial charge in [0.2, 0.25) is 0 Å².